The highest BCUT2D eigenvalue weighted by Crippen LogP contribution is 2.39. The fourth-order valence-electron chi connectivity index (χ4n) is 4.24. The van der Waals surface area contributed by atoms with Gasteiger partial charge in [0, 0.05) is 15.5 Å². The highest BCUT2D eigenvalue weighted by molar-refractivity contribution is 8.00. The summed E-state index contributed by atoms with van der Waals surface area (Å²) in [7, 11) is 0. The van der Waals surface area contributed by atoms with E-state index in [2.05, 4.69) is 10.6 Å². The van der Waals surface area contributed by atoms with Gasteiger partial charge in [0.15, 0.2) is 0 Å². The molecule has 2 amide bonds. The van der Waals surface area contributed by atoms with Crippen molar-refractivity contribution in [1.82, 2.24) is 0 Å². The number of carbonyl (C=O) groups excluding carboxylic acids is 3. The summed E-state index contributed by atoms with van der Waals surface area (Å²) in [5.74, 6) is -1.72. The van der Waals surface area contributed by atoms with E-state index in [0.717, 1.165) is 41.0 Å². The first-order chi connectivity index (χ1) is 17.9. The third-order valence-corrected chi connectivity index (χ3v) is 8.60. The van der Waals surface area contributed by atoms with Crippen LogP contribution in [-0.4, -0.2) is 29.6 Å². The second kappa shape index (κ2) is 12.4. The van der Waals surface area contributed by atoms with E-state index in [-0.39, 0.29) is 18.1 Å². The zero-order chi connectivity index (χ0) is 26.4. The van der Waals surface area contributed by atoms with Gasteiger partial charge in [-0.3, -0.25) is 9.59 Å². The number of aryl methyl sites for hydroxylation is 1. The molecule has 0 saturated carbocycles. The predicted molar refractivity (Wildman–Crippen MR) is 146 cm³/mol. The number of hydrogen-bond donors (Lipinski definition) is 2. The van der Waals surface area contributed by atoms with E-state index in [4.69, 9.17) is 4.74 Å². The number of fused-ring (bicyclic) bond motifs is 1. The number of ether oxygens (including phenoxy) is 1. The Hall–Kier alpha value is -3.17. The number of halogens is 1. The minimum Gasteiger partial charge on any atom is -0.462 e. The number of carbonyl (C=O) groups is 3. The maximum absolute atomic E-state index is 14.0. The lowest BCUT2D eigenvalue weighted by molar-refractivity contribution is -0.115. The van der Waals surface area contributed by atoms with E-state index in [1.165, 1.54) is 41.3 Å². The number of esters is 1. The van der Waals surface area contributed by atoms with Crippen molar-refractivity contribution in [1.29, 1.82) is 0 Å². The summed E-state index contributed by atoms with van der Waals surface area (Å²) in [5, 5.41) is 5.85. The van der Waals surface area contributed by atoms with E-state index in [1.54, 1.807) is 31.2 Å². The fourth-order valence-corrected chi connectivity index (χ4v) is 6.54. The van der Waals surface area contributed by atoms with Crippen LogP contribution in [0.3, 0.4) is 0 Å². The van der Waals surface area contributed by atoms with Crippen LogP contribution in [0.1, 0.15) is 64.3 Å². The summed E-state index contributed by atoms with van der Waals surface area (Å²) < 4.78 is 19.3. The van der Waals surface area contributed by atoms with Gasteiger partial charge in [-0.05, 0) is 74.9 Å². The van der Waals surface area contributed by atoms with Gasteiger partial charge < -0.3 is 15.4 Å². The van der Waals surface area contributed by atoms with Crippen molar-refractivity contribution in [3.05, 3.63) is 75.9 Å². The highest BCUT2D eigenvalue weighted by atomic mass is 32.2. The lowest BCUT2D eigenvalue weighted by Crippen LogP contribution is -2.25. The molecule has 3 aromatic rings. The molecule has 1 unspecified atom stereocenters. The van der Waals surface area contributed by atoms with Crippen LogP contribution in [0.4, 0.5) is 15.1 Å². The van der Waals surface area contributed by atoms with Crippen molar-refractivity contribution in [2.75, 3.05) is 17.2 Å². The Morgan fingerprint density at radius 2 is 1.84 bits per heavy atom. The second-order valence-corrected chi connectivity index (χ2v) is 11.0. The molecule has 1 atom stereocenters. The third kappa shape index (κ3) is 6.40. The molecule has 37 heavy (non-hydrogen) atoms. The number of rotatable bonds is 9. The van der Waals surface area contributed by atoms with Crippen molar-refractivity contribution in [3.8, 4) is 0 Å². The fraction of sp³-hybridized carbons (Fsp3) is 0.321. The van der Waals surface area contributed by atoms with Gasteiger partial charge >= 0.3 is 5.97 Å². The Bertz CT molecular complexity index is 1310. The van der Waals surface area contributed by atoms with Crippen LogP contribution in [0.2, 0.25) is 0 Å². The number of nitrogens with one attached hydrogen (secondary N) is 2. The minimum absolute atomic E-state index is 0.0394. The van der Waals surface area contributed by atoms with Crippen molar-refractivity contribution in [2.24, 2.45) is 0 Å². The molecule has 0 spiro atoms. The number of hydrogen-bond acceptors (Lipinski definition) is 6. The van der Waals surface area contributed by atoms with E-state index in [0.29, 0.717) is 22.7 Å². The van der Waals surface area contributed by atoms with Gasteiger partial charge in [-0.25, -0.2) is 9.18 Å². The maximum Gasteiger partial charge on any atom is 0.341 e. The average molecular weight is 541 g/mol. The summed E-state index contributed by atoms with van der Waals surface area (Å²) in [6.07, 6.45) is 4.36. The molecule has 0 aliphatic heterocycles. The Balaban J connectivity index is 1.48. The topological polar surface area (TPSA) is 84.5 Å². The molecular weight excluding hydrogens is 511 g/mol. The first-order valence-electron chi connectivity index (χ1n) is 12.4. The SMILES string of the molecule is CCOC(=O)c1c(NC(=O)C(CC)Sc2cccc(NC(=O)c3ccccc3F)c2)sc2c1CCCC2. The molecule has 0 bridgehead atoms. The van der Waals surface area contributed by atoms with Crippen molar-refractivity contribution >= 4 is 51.6 Å². The lowest BCUT2D eigenvalue weighted by atomic mass is 9.95. The molecular formula is C28H29FN2O4S2. The van der Waals surface area contributed by atoms with Crippen molar-refractivity contribution in [2.45, 2.75) is 56.1 Å². The zero-order valence-electron chi connectivity index (χ0n) is 20.8. The van der Waals surface area contributed by atoms with E-state index >= 15 is 0 Å². The Labute approximate surface area is 224 Å². The molecule has 4 rings (SSSR count). The van der Waals surface area contributed by atoms with Crippen LogP contribution < -0.4 is 10.6 Å². The maximum atomic E-state index is 14.0. The van der Waals surface area contributed by atoms with Crippen LogP contribution in [0, 0.1) is 5.82 Å². The van der Waals surface area contributed by atoms with Gasteiger partial charge in [-0.15, -0.1) is 23.1 Å². The molecule has 1 aliphatic carbocycles. The monoisotopic (exact) mass is 540 g/mol. The number of amides is 2. The molecule has 1 aromatic heterocycles. The normalized spacial score (nSPS) is 13.4. The highest BCUT2D eigenvalue weighted by Gasteiger charge is 2.29. The van der Waals surface area contributed by atoms with Gasteiger partial charge in [0.05, 0.1) is 23.0 Å². The second-order valence-electron chi connectivity index (χ2n) is 8.60. The van der Waals surface area contributed by atoms with Gasteiger partial charge in [-0.2, -0.15) is 0 Å². The van der Waals surface area contributed by atoms with Crippen LogP contribution in [-0.2, 0) is 22.4 Å². The summed E-state index contributed by atoms with van der Waals surface area (Å²) in [6.45, 7) is 3.96. The molecule has 0 saturated heterocycles. The van der Waals surface area contributed by atoms with Gasteiger partial charge in [0.1, 0.15) is 10.8 Å². The lowest BCUT2D eigenvalue weighted by Gasteiger charge is -2.16. The zero-order valence-corrected chi connectivity index (χ0v) is 22.4. The number of thiophene rings is 1. The Morgan fingerprint density at radius 1 is 1.05 bits per heavy atom. The van der Waals surface area contributed by atoms with Gasteiger partial charge in [0.2, 0.25) is 5.91 Å². The van der Waals surface area contributed by atoms with Crippen molar-refractivity contribution in [3.63, 3.8) is 0 Å². The van der Waals surface area contributed by atoms with E-state index < -0.39 is 22.9 Å². The molecule has 9 heteroatoms. The summed E-state index contributed by atoms with van der Waals surface area (Å²) in [6, 6.07) is 12.9. The number of anilines is 2. The number of thioether (sulfide) groups is 1. The minimum atomic E-state index is -0.592. The largest absolute Gasteiger partial charge is 0.462 e. The molecule has 6 nitrogen and oxygen atoms in total. The summed E-state index contributed by atoms with van der Waals surface area (Å²) in [5.41, 5.74) is 1.96. The van der Waals surface area contributed by atoms with Crippen LogP contribution >= 0.6 is 23.1 Å². The van der Waals surface area contributed by atoms with Crippen LogP contribution in [0.15, 0.2) is 53.4 Å². The van der Waals surface area contributed by atoms with E-state index in [9.17, 15) is 18.8 Å². The first-order valence-corrected chi connectivity index (χ1v) is 14.1. The summed E-state index contributed by atoms with van der Waals surface area (Å²) in [4.78, 5) is 40.4. The molecule has 0 fully saturated rings. The Kier molecular flexibility index (Phi) is 9.00. The molecule has 0 radical (unpaired) electrons. The average Bonchev–Trinajstić information content (AvgIpc) is 3.25. The third-order valence-electron chi connectivity index (χ3n) is 6.04. The standard InChI is InChI=1S/C28H29FN2O4S2/c1-3-22(26(33)31-27-24(28(34)35-4-2)20-13-6-8-15-23(20)37-27)36-18-11-9-10-17(16-18)30-25(32)19-12-5-7-14-21(19)29/h5,7,9-12,14,16,22H,3-4,6,8,13,15H2,1-2H3,(H,30,32)(H,31,33). The van der Waals surface area contributed by atoms with Crippen molar-refractivity contribution < 1.29 is 23.5 Å². The predicted octanol–water partition coefficient (Wildman–Crippen LogP) is 6.70. The first kappa shape index (κ1) is 26.9. The molecule has 194 valence electrons. The Morgan fingerprint density at radius 3 is 2.59 bits per heavy atom. The van der Waals surface area contributed by atoms with Gasteiger partial charge in [-0.1, -0.05) is 25.1 Å². The van der Waals surface area contributed by atoms with Crippen LogP contribution in [0.5, 0.6) is 0 Å². The number of benzene rings is 2. The molecule has 2 aromatic carbocycles. The smallest absolute Gasteiger partial charge is 0.341 e. The summed E-state index contributed by atoms with van der Waals surface area (Å²) >= 11 is 2.83. The van der Waals surface area contributed by atoms with Gasteiger partial charge in [0.25, 0.3) is 5.91 Å². The van der Waals surface area contributed by atoms with Crippen LogP contribution in [0.25, 0.3) is 0 Å². The molecule has 1 aliphatic rings. The van der Waals surface area contributed by atoms with E-state index in [1.807, 2.05) is 13.0 Å². The molecule has 2 N–H and O–H groups in total. The molecule has 1 heterocycles. The quantitative estimate of drug-likeness (QED) is 0.233.